The van der Waals surface area contributed by atoms with Crippen molar-refractivity contribution in [3.8, 4) is 0 Å². The molecule has 0 aliphatic carbocycles. The van der Waals surface area contributed by atoms with Crippen molar-refractivity contribution >= 4 is 22.7 Å². The minimum atomic E-state index is -4.22. The highest BCUT2D eigenvalue weighted by Gasteiger charge is 2.33. The van der Waals surface area contributed by atoms with Gasteiger partial charge in [-0.25, -0.2) is 4.79 Å². The molecule has 3 aromatic rings. The van der Waals surface area contributed by atoms with Crippen LogP contribution in [0.5, 0.6) is 0 Å². The van der Waals surface area contributed by atoms with Gasteiger partial charge in [0.15, 0.2) is 0 Å². The molecule has 5 nitrogen and oxygen atoms in total. The Morgan fingerprint density at radius 2 is 1.89 bits per heavy atom. The van der Waals surface area contributed by atoms with Crippen LogP contribution in [-0.4, -0.2) is 23.7 Å². The Morgan fingerprint density at radius 1 is 1.07 bits per heavy atom. The van der Waals surface area contributed by atoms with E-state index in [0.717, 1.165) is 27.7 Å². The summed E-state index contributed by atoms with van der Waals surface area (Å²) in [6.45, 7) is -0.113. The van der Waals surface area contributed by atoms with E-state index >= 15 is 0 Å². The van der Waals surface area contributed by atoms with Crippen LogP contribution >= 0.6 is 0 Å². The molecule has 0 unspecified atom stereocenters. The van der Waals surface area contributed by atoms with Crippen LogP contribution in [0.3, 0.4) is 0 Å². The van der Waals surface area contributed by atoms with E-state index in [0.29, 0.717) is 12.2 Å². The van der Waals surface area contributed by atoms with E-state index in [1.165, 1.54) is 4.90 Å². The molecule has 0 saturated carbocycles. The van der Waals surface area contributed by atoms with E-state index in [1.54, 1.807) is 24.5 Å². The maximum atomic E-state index is 12.6. The number of hydrogen-bond donors (Lipinski definition) is 2. The van der Waals surface area contributed by atoms with E-state index < -0.39 is 12.7 Å². The molecular formula is C20H18F3N3O2. The maximum Gasteiger partial charge on any atom is 0.401 e. The number of alkyl halides is 3. The Kier molecular flexibility index (Phi) is 4.72. The molecule has 2 amide bonds. The molecule has 4 rings (SSSR count). The largest absolute Gasteiger partial charge is 0.464 e. The Labute approximate surface area is 159 Å². The summed E-state index contributed by atoms with van der Waals surface area (Å²) in [6, 6.07) is 12.3. The zero-order valence-electron chi connectivity index (χ0n) is 14.8. The lowest BCUT2D eigenvalue weighted by atomic mass is 10.1. The summed E-state index contributed by atoms with van der Waals surface area (Å²) in [5.41, 5.74) is 3.91. The summed E-state index contributed by atoms with van der Waals surface area (Å²) in [7, 11) is 0. The van der Waals surface area contributed by atoms with Gasteiger partial charge in [0.1, 0.15) is 5.58 Å². The fourth-order valence-electron chi connectivity index (χ4n) is 3.39. The van der Waals surface area contributed by atoms with Crippen LogP contribution in [0.1, 0.15) is 16.7 Å². The van der Waals surface area contributed by atoms with Gasteiger partial charge in [0, 0.05) is 30.7 Å². The van der Waals surface area contributed by atoms with Crippen LogP contribution in [0.25, 0.3) is 11.0 Å². The number of hydrogen-bond acceptors (Lipinski definition) is 3. The molecule has 1 aliphatic rings. The summed E-state index contributed by atoms with van der Waals surface area (Å²) in [4.78, 5) is 13.5. The van der Waals surface area contributed by atoms with Crippen LogP contribution < -0.4 is 10.6 Å². The van der Waals surface area contributed by atoms with Gasteiger partial charge in [0.05, 0.1) is 12.8 Å². The summed E-state index contributed by atoms with van der Waals surface area (Å²) in [5.74, 6) is 0. The molecule has 0 radical (unpaired) electrons. The number of rotatable bonds is 4. The fourth-order valence-corrected chi connectivity index (χ4v) is 3.39. The topological polar surface area (TPSA) is 57.5 Å². The van der Waals surface area contributed by atoms with Gasteiger partial charge in [0.25, 0.3) is 0 Å². The minimum absolute atomic E-state index is 0.219. The van der Waals surface area contributed by atoms with Crippen molar-refractivity contribution in [1.29, 1.82) is 0 Å². The monoisotopic (exact) mass is 389 g/mol. The van der Waals surface area contributed by atoms with Gasteiger partial charge >= 0.3 is 12.2 Å². The Morgan fingerprint density at radius 3 is 2.71 bits per heavy atom. The first-order valence-corrected chi connectivity index (χ1v) is 8.78. The van der Waals surface area contributed by atoms with Crippen LogP contribution in [0.15, 0.2) is 53.1 Å². The van der Waals surface area contributed by atoms with Crippen LogP contribution in [-0.2, 0) is 19.6 Å². The minimum Gasteiger partial charge on any atom is -0.464 e. The third-order valence-electron chi connectivity index (χ3n) is 4.62. The molecule has 0 fully saturated rings. The number of benzene rings is 2. The predicted molar refractivity (Wildman–Crippen MR) is 98.7 cm³/mol. The van der Waals surface area contributed by atoms with Gasteiger partial charge in [-0.05, 0) is 47.0 Å². The molecule has 146 valence electrons. The molecule has 2 heterocycles. The Hall–Kier alpha value is -3.00. The molecule has 2 aromatic carbocycles. The van der Waals surface area contributed by atoms with Crippen molar-refractivity contribution in [2.24, 2.45) is 0 Å². The number of carbonyl (C=O) groups excluding carboxylic acids is 1. The third-order valence-corrected chi connectivity index (χ3v) is 4.62. The number of carbonyl (C=O) groups is 1. The van der Waals surface area contributed by atoms with Crippen molar-refractivity contribution in [3.05, 3.63) is 65.4 Å². The first kappa shape index (κ1) is 18.4. The highest BCUT2D eigenvalue weighted by Crippen LogP contribution is 2.28. The maximum absolute atomic E-state index is 12.6. The van der Waals surface area contributed by atoms with Crippen molar-refractivity contribution in [1.82, 2.24) is 10.2 Å². The Bertz CT molecular complexity index is 1010. The van der Waals surface area contributed by atoms with Crippen LogP contribution in [0.4, 0.5) is 23.7 Å². The van der Waals surface area contributed by atoms with Gasteiger partial charge in [-0.2, -0.15) is 13.2 Å². The van der Waals surface area contributed by atoms with Crippen molar-refractivity contribution in [3.63, 3.8) is 0 Å². The summed E-state index contributed by atoms with van der Waals surface area (Å²) < 4.78 is 43.0. The SMILES string of the molecule is O=C(NCc1ccc2occc2c1)Nc1ccc2c(c1)CN(CC(F)(F)F)C2. The quantitative estimate of drug-likeness (QED) is 0.684. The van der Waals surface area contributed by atoms with Gasteiger partial charge in [-0.1, -0.05) is 12.1 Å². The molecule has 1 aromatic heterocycles. The van der Waals surface area contributed by atoms with E-state index in [4.69, 9.17) is 4.42 Å². The average Bonchev–Trinajstić information content (AvgIpc) is 3.23. The zero-order valence-corrected chi connectivity index (χ0v) is 14.8. The molecule has 0 bridgehead atoms. The number of nitrogens with one attached hydrogen (secondary N) is 2. The van der Waals surface area contributed by atoms with Gasteiger partial charge in [-0.15, -0.1) is 0 Å². The van der Waals surface area contributed by atoms with Crippen molar-refractivity contribution < 1.29 is 22.4 Å². The molecule has 1 aliphatic heterocycles. The second kappa shape index (κ2) is 7.20. The van der Waals surface area contributed by atoms with E-state index in [2.05, 4.69) is 10.6 Å². The zero-order chi connectivity index (χ0) is 19.7. The number of furan rings is 1. The third kappa shape index (κ3) is 4.28. The number of amides is 2. The molecule has 2 N–H and O–H groups in total. The normalized spacial score (nSPS) is 14.2. The van der Waals surface area contributed by atoms with Gasteiger partial charge in [-0.3, -0.25) is 4.90 Å². The second-order valence-corrected chi connectivity index (χ2v) is 6.84. The molecular weight excluding hydrogens is 371 g/mol. The molecule has 0 atom stereocenters. The average molecular weight is 389 g/mol. The number of nitrogens with zero attached hydrogens (tertiary/aromatic N) is 1. The number of anilines is 1. The molecule has 0 spiro atoms. The summed E-state index contributed by atoms with van der Waals surface area (Å²) in [5, 5.41) is 6.46. The molecule has 0 saturated heterocycles. The lowest BCUT2D eigenvalue weighted by Crippen LogP contribution is -2.29. The summed E-state index contributed by atoms with van der Waals surface area (Å²) >= 11 is 0. The molecule has 8 heteroatoms. The standard InChI is InChI=1S/C20H18F3N3O2/c21-20(22,23)12-26-10-15-2-3-17(8-16(15)11-26)25-19(27)24-9-13-1-4-18-14(7-13)5-6-28-18/h1-8H,9-12H2,(H2,24,25,27). The van der Waals surface area contributed by atoms with Crippen LogP contribution in [0, 0.1) is 0 Å². The van der Waals surface area contributed by atoms with Gasteiger partial charge < -0.3 is 15.1 Å². The highest BCUT2D eigenvalue weighted by atomic mass is 19.4. The predicted octanol–water partition coefficient (Wildman–Crippen LogP) is 4.63. The first-order valence-electron chi connectivity index (χ1n) is 8.78. The van der Waals surface area contributed by atoms with E-state index in [9.17, 15) is 18.0 Å². The molecule has 28 heavy (non-hydrogen) atoms. The van der Waals surface area contributed by atoms with Crippen LogP contribution in [0.2, 0.25) is 0 Å². The fraction of sp³-hybridized carbons (Fsp3) is 0.250. The van der Waals surface area contributed by atoms with Crippen molar-refractivity contribution in [2.75, 3.05) is 11.9 Å². The summed E-state index contributed by atoms with van der Waals surface area (Å²) in [6.07, 6.45) is -2.61. The van der Waals surface area contributed by atoms with Crippen molar-refractivity contribution in [2.45, 2.75) is 25.8 Å². The smallest absolute Gasteiger partial charge is 0.401 e. The second-order valence-electron chi connectivity index (χ2n) is 6.84. The lowest BCUT2D eigenvalue weighted by molar-refractivity contribution is -0.146. The van der Waals surface area contributed by atoms with Gasteiger partial charge in [0.2, 0.25) is 0 Å². The first-order chi connectivity index (χ1) is 13.4. The lowest BCUT2D eigenvalue weighted by Gasteiger charge is -2.16. The number of urea groups is 1. The highest BCUT2D eigenvalue weighted by molar-refractivity contribution is 5.89. The van der Waals surface area contributed by atoms with E-state index in [-0.39, 0.29) is 19.1 Å². The Balaban J connectivity index is 1.33. The van der Waals surface area contributed by atoms with E-state index in [1.807, 2.05) is 24.3 Å². The number of fused-ring (bicyclic) bond motifs is 2. The number of halogens is 3.